The summed E-state index contributed by atoms with van der Waals surface area (Å²) in [5, 5.41) is 37.5. The number of piperidine rings is 4. The Morgan fingerprint density at radius 1 is 1.02 bits per heavy atom. The van der Waals surface area contributed by atoms with Crippen molar-refractivity contribution < 1.29 is 38.9 Å². The lowest BCUT2D eigenvalue weighted by Crippen LogP contribution is -2.83. The van der Waals surface area contributed by atoms with Gasteiger partial charge in [0.1, 0.15) is 18.8 Å². The lowest BCUT2D eigenvalue weighted by atomic mass is 9.43. The molecule has 9 fully saturated rings. The van der Waals surface area contributed by atoms with Crippen molar-refractivity contribution in [3.63, 3.8) is 0 Å². The van der Waals surface area contributed by atoms with Gasteiger partial charge in [-0.2, -0.15) is 0 Å². The number of ether oxygens (including phenoxy) is 2. The number of likely N-dealkylation sites (N-methyl/N-ethyl adjacent to an activating group) is 1. The van der Waals surface area contributed by atoms with Crippen LogP contribution in [-0.4, -0.2) is 94.1 Å². The highest BCUT2D eigenvalue weighted by Crippen LogP contribution is 2.73. The van der Waals surface area contributed by atoms with Crippen LogP contribution in [0, 0.1) is 52.3 Å². The third-order valence-corrected chi connectivity index (χ3v) is 19.8. The van der Waals surface area contributed by atoms with E-state index in [0.29, 0.717) is 22.9 Å². The Hall–Kier alpha value is -2.46. The van der Waals surface area contributed by atoms with Gasteiger partial charge in [0, 0.05) is 48.9 Å². The molecule has 54 heavy (non-hydrogen) atoms. The Morgan fingerprint density at radius 2 is 1.83 bits per heavy atom. The molecular formula is C45H61N2O7+. The predicted octanol–water partition coefficient (Wildman–Crippen LogP) is 5.24. The average molecular weight is 742 g/mol. The summed E-state index contributed by atoms with van der Waals surface area (Å²) >= 11 is 0. The molecule has 9 heteroatoms. The first-order chi connectivity index (χ1) is 25.8. The molecule has 1 aromatic rings. The van der Waals surface area contributed by atoms with Crippen LogP contribution >= 0.6 is 0 Å². The molecule has 4 saturated heterocycles. The molecule has 0 unspecified atom stereocenters. The molecule has 11 aliphatic rings. The number of carbonyl (C=O) groups is 2. The second-order valence-corrected chi connectivity index (χ2v) is 20.7. The van der Waals surface area contributed by atoms with E-state index in [1.807, 2.05) is 0 Å². The maximum Gasteiger partial charge on any atom is 0.362 e. The molecule has 0 amide bonds. The van der Waals surface area contributed by atoms with Crippen LogP contribution in [0.3, 0.4) is 0 Å². The fourth-order valence-corrected chi connectivity index (χ4v) is 17.6. The number of fused-ring (bicyclic) bond motifs is 7. The first-order valence-corrected chi connectivity index (χ1v) is 21.7. The summed E-state index contributed by atoms with van der Waals surface area (Å²) in [7, 11) is 2.17. The van der Waals surface area contributed by atoms with Crippen LogP contribution in [0.5, 0.6) is 0 Å². The number of rotatable bonds is 5. The summed E-state index contributed by atoms with van der Waals surface area (Å²) in [4.78, 5) is 28.8. The molecule has 0 aromatic heterocycles. The van der Waals surface area contributed by atoms with Crippen molar-refractivity contribution in [2.24, 2.45) is 52.3 Å². The molecule has 12 rings (SSSR count). The normalized spacial score (nSPS) is 54.4. The van der Waals surface area contributed by atoms with Gasteiger partial charge in [-0.25, -0.2) is 9.59 Å². The predicted molar refractivity (Wildman–Crippen MR) is 201 cm³/mol. The monoisotopic (exact) mass is 741 g/mol. The van der Waals surface area contributed by atoms with E-state index in [1.54, 1.807) is 6.08 Å². The van der Waals surface area contributed by atoms with Gasteiger partial charge < -0.3 is 29.7 Å². The molecule has 6 aliphatic heterocycles. The molecule has 18 atom stereocenters. The van der Waals surface area contributed by atoms with E-state index in [4.69, 9.17) is 9.47 Å². The van der Waals surface area contributed by atoms with Crippen molar-refractivity contribution in [1.29, 1.82) is 0 Å². The van der Waals surface area contributed by atoms with Crippen molar-refractivity contribution >= 4 is 17.6 Å². The quantitative estimate of drug-likeness (QED) is 0.278. The number of cyclic esters (lactones) is 1. The largest absolute Gasteiger partial charge is 0.458 e. The van der Waals surface area contributed by atoms with Gasteiger partial charge in [-0.1, -0.05) is 39.0 Å². The fourth-order valence-electron chi connectivity index (χ4n) is 17.6. The van der Waals surface area contributed by atoms with Crippen molar-refractivity contribution in [2.75, 3.05) is 25.1 Å². The van der Waals surface area contributed by atoms with E-state index in [-0.39, 0.29) is 88.5 Å². The van der Waals surface area contributed by atoms with Crippen LogP contribution in [-0.2, 0) is 24.5 Å². The van der Waals surface area contributed by atoms with Gasteiger partial charge in [0.15, 0.2) is 12.8 Å². The molecule has 6 heterocycles. The molecular weight excluding hydrogens is 681 g/mol. The van der Waals surface area contributed by atoms with Gasteiger partial charge in [0.25, 0.3) is 0 Å². The van der Waals surface area contributed by atoms with E-state index < -0.39 is 17.9 Å². The Labute approximate surface area is 320 Å². The van der Waals surface area contributed by atoms with Crippen molar-refractivity contribution in [2.45, 2.75) is 145 Å². The number of carbonyl (C=O) groups excluding carboxylic acids is 2. The lowest BCUT2D eigenvalue weighted by molar-refractivity contribution is -1.03. The number of aliphatic hydroxyl groups is 3. The molecule has 5 aliphatic carbocycles. The zero-order chi connectivity index (χ0) is 37.3. The molecule has 1 aromatic carbocycles. The van der Waals surface area contributed by atoms with Crippen molar-refractivity contribution in [1.82, 2.24) is 0 Å². The van der Waals surface area contributed by atoms with Crippen LogP contribution in [0.15, 0.2) is 35.9 Å². The maximum atomic E-state index is 14.5. The zero-order valence-corrected chi connectivity index (χ0v) is 32.7. The summed E-state index contributed by atoms with van der Waals surface area (Å²) in [6, 6.07) is 8.74. The number of quaternary nitrogens is 1. The third kappa shape index (κ3) is 3.88. The minimum absolute atomic E-state index is 0.0370. The highest BCUT2D eigenvalue weighted by molar-refractivity contribution is 5.85. The Bertz CT molecular complexity index is 1830. The topological polar surface area (TPSA) is 117 Å². The molecule has 5 bridgehead atoms. The molecule has 292 valence electrons. The summed E-state index contributed by atoms with van der Waals surface area (Å²) in [5.74, 6) is 1.32. The molecule has 0 radical (unpaired) electrons. The number of benzene rings is 1. The first kappa shape index (κ1) is 34.8. The van der Waals surface area contributed by atoms with E-state index >= 15 is 0 Å². The zero-order valence-electron chi connectivity index (χ0n) is 32.7. The third-order valence-electron chi connectivity index (χ3n) is 19.8. The van der Waals surface area contributed by atoms with Gasteiger partial charge in [0.05, 0.1) is 29.2 Å². The summed E-state index contributed by atoms with van der Waals surface area (Å²) in [5.41, 5.74) is 2.28. The van der Waals surface area contributed by atoms with Gasteiger partial charge in [0.2, 0.25) is 0 Å². The van der Waals surface area contributed by atoms with E-state index in [0.717, 1.165) is 82.6 Å². The minimum Gasteiger partial charge on any atom is -0.458 e. The van der Waals surface area contributed by atoms with E-state index in [1.165, 1.54) is 11.3 Å². The number of esters is 2. The minimum atomic E-state index is -0.739. The van der Waals surface area contributed by atoms with Gasteiger partial charge in [-0.3, -0.25) is 4.48 Å². The second kappa shape index (κ2) is 11.1. The SMILES string of the molecule is CC[C@H]1[C@H]2C[C@H]3[C@@H]4N(C)c5ccccc5[C@]45C[C@@H]([C@@H]2[C@@H]5O)[N@+]3(CC(=O)O[C@H]2CC[C@@]3(C)[C@H](CC[C@@H]4[C@H]3CC[C@]3(C)[C@@H](C5=CC(=O)OC5)CC[C@]43O)C2)[C@@H]1O. The van der Waals surface area contributed by atoms with Crippen LogP contribution < -0.4 is 4.90 Å². The Balaban J connectivity index is 0.829. The Morgan fingerprint density at radius 3 is 2.61 bits per heavy atom. The van der Waals surface area contributed by atoms with Gasteiger partial charge >= 0.3 is 11.9 Å². The van der Waals surface area contributed by atoms with Gasteiger partial charge in [-0.05, 0) is 116 Å². The summed E-state index contributed by atoms with van der Waals surface area (Å²) in [6.45, 7) is 7.48. The smallest absolute Gasteiger partial charge is 0.362 e. The number of para-hydroxylation sites is 1. The number of hydrogen-bond donors (Lipinski definition) is 3. The Kier molecular flexibility index (Phi) is 7.17. The van der Waals surface area contributed by atoms with Crippen LogP contribution in [0.25, 0.3) is 0 Å². The van der Waals surface area contributed by atoms with Crippen LogP contribution in [0.4, 0.5) is 5.69 Å². The van der Waals surface area contributed by atoms with Crippen LogP contribution in [0.2, 0.25) is 0 Å². The average Bonchev–Trinajstić information content (AvgIpc) is 3.83. The number of hydrogen-bond acceptors (Lipinski definition) is 8. The number of anilines is 1. The summed E-state index contributed by atoms with van der Waals surface area (Å²) < 4.78 is 12.3. The van der Waals surface area contributed by atoms with E-state index in [2.05, 4.69) is 57.0 Å². The second-order valence-electron chi connectivity index (χ2n) is 20.7. The number of nitrogens with zero attached hydrogens (tertiary/aromatic N) is 2. The lowest BCUT2D eigenvalue weighted by Gasteiger charge is -2.67. The molecule has 1 spiro atoms. The maximum absolute atomic E-state index is 14.5. The van der Waals surface area contributed by atoms with E-state index in [9.17, 15) is 24.9 Å². The van der Waals surface area contributed by atoms with Gasteiger partial charge in [-0.15, -0.1) is 0 Å². The standard InChI is InChI=1S/C45H61N2O7/c1-5-27-28-20-34-39-44(32-8-6-7-9-33(32)46(39)4)21-35(38(28)40(44)50)47(34,41(27)51)22-37(49)54-26-12-15-42(2)25(19-26)10-11-31-30(42)13-16-43(3)29(14-17-45(31,43)52)24-18-36(48)53-23-24/h6-9,18,25-31,34-35,38-41,50-52H,5,10-17,19-23H2,1-4H3/q+1/t25-,26+,27+,28-,29-,30-,31-,34+,35+,38-,39+,40+,41-,42+,43-,44-,45+,47-/m1/s1. The molecule has 3 N–H and O–H groups in total. The van der Waals surface area contributed by atoms with Crippen molar-refractivity contribution in [3.05, 3.63) is 41.5 Å². The molecule has 5 saturated carbocycles. The molecule has 9 nitrogen and oxygen atoms in total. The highest BCUT2D eigenvalue weighted by Gasteiger charge is 2.83. The fraction of sp³-hybridized carbons (Fsp3) is 0.778. The highest BCUT2D eigenvalue weighted by atomic mass is 16.5. The number of aliphatic hydroxyl groups excluding tert-OH is 2. The first-order valence-electron chi connectivity index (χ1n) is 21.7. The van der Waals surface area contributed by atoms with Crippen LogP contribution in [0.1, 0.15) is 103 Å². The van der Waals surface area contributed by atoms with Crippen molar-refractivity contribution in [3.8, 4) is 0 Å². The summed E-state index contributed by atoms with van der Waals surface area (Å²) in [6.07, 6.45) is 11.5.